The molecule has 0 aromatic heterocycles. The van der Waals surface area contributed by atoms with Crippen molar-refractivity contribution in [2.45, 2.75) is 271 Å². The molecule has 2 aromatic rings. The quantitative estimate of drug-likeness (QED) is 0.0559. The lowest BCUT2D eigenvalue weighted by Crippen LogP contribution is -2.46. The van der Waals surface area contributed by atoms with E-state index in [2.05, 4.69) is 156 Å². The summed E-state index contributed by atoms with van der Waals surface area (Å²) in [6.45, 7) is 52.6. The van der Waals surface area contributed by atoms with Crippen LogP contribution in [0, 0.1) is 11.8 Å². The number of carbonyl (C=O) groups is 4. The van der Waals surface area contributed by atoms with Crippen molar-refractivity contribution in [3.05, 3.63) is 95.6 Å². The molecule has 6 atom stereocenters. The fourth-order valence-electron chi connectivity index (χ4n) is 9.05. The van der Waals surface area contributed by atoms with E-state index in [4.69, 9.17) is 31.9 Å². The lowest BCUT2D eigenvalue weighted by molar-refractivity contribution is -0.136. The molecule has 83 heavy (non-hydrogen) atoms. The minimum atomic E-state index is -2.22. The Morgan fingerprint density at radius 2 is 0.940 bits per heavy atom. The summed E-state index contributed by atoms with van der Waals surface area (Å²) in [5.74, 6) is -0.470. The van der Waals surface area contributed by atoms with Crippen molar-refractivity contribution in [3.63, 3.8) is 0 Å². The number of carbonyl (C=O) groups excluding carboxylic acids is 3. The van der Waals surface area contributed by atoms with Crippen LogP contribution in [0.3, 0.4) is 0 Å². The molecule has 4 rings (SSSR count). The number of rotatable bonds is 16. The van der Waals surface area contributed by atoms with Gasteiger partial charge in [-0.15, -0.1) is 0 Å². The molecular formula is C67H112O12Si4. The van der Waals surface area contributed by atoms with Crippen molar-refractivity contribution in [1.29, 1.82) is 0 Å². The molecule has 0 radical (unpaired) electrons. The lowest BCUT2D eigenvalue weighted by Gasteiger charge is -2.42. The van der Waals surface area contributed by atoms with Crippen molar-refractivity contribution >= 4 is 57.1 Å². The summed E-state index contributed by atoms with van der Waals surface area (Å²) in [4.78, 5) is 51.4. The fourth-order valence-corrected chi connectivity index (χ4v) is 14.0. The van der Waals surface area contributed by atoms with Crippen LogP contribution in [0.4, 0.5) is 0 Å². The van der Waals surface area contributed by atoms with Crippen LogP contribution in [0.2, 0.25) is 72.5 Å². The van der Waals surface area contributed by atoms with Gasteiger partial charge in [0.15, 0.2) is 16.6 Å². The first kappa shape index (κ1) is 73.2. The second-order valence-corrected chi connectivity index (χ2v) is 48.6. The third kappa shape index (κ3) is 22.3. The molecule has 2 aliphatic heterocycles. The molecule has 0 bridgehead atoms. The van der Waals surface area contributed by atoms with Crippen molar-refractivity contribution in [2.24, 2.45) is 11.8 Å². The van der Waals surface area contributed by atoms with Gasteiger partial charge in [-0.2, -0.15) is 0 Å². The Morgan fingerprint density at radius 1 is 0.578 bits per heavy atom. The van der Waals surface area contributed by atoms with E-state index in [0.29, 0.717) is 54.2 Å². The van der Waals surface area contributed by atoms with Gasteiger partial charge in [0.05, 0.1) is 12.2 Å². The van der Waals surface area contributed by atoms with E-state index in [9.17, 15) is 24.3 Å². The molecule has 0 spiro atoms. The maximum absolute atomic E-state index is 14.1. The van der Waals surface area contributed by atoms with E-state index in [1.54, 1.807) is 12.2 Å². The fraction of sp³-hybridized carbons (Fsp3) is 0.672. The van der Waals surface area contributed by atoms with E-state index in [0.717, 1.165) is 68.6 Å². The smallest absolute Gasteiger partial charge is 0.342 e. The van der Waals surface area contributed by atoms with Gasteiger partial charge in [-0.1, -0.05) is 159 Å². The summed E-state index contributed by atoms with van der Waals surface area (Å²) in [5, 5.41) is 9.23. The molecule has 2 heterocycles. The van der Waals surface area contributed by atoms with Gasteiger partial charge in [0.1, 0.15) is 41.4 Å². The number of carboxylic acid groups (broad SMARTS) is 1. The molecule has 2 unspecified atom stereocenters. The number of hydrogen-bond donors (Lipinski definition) is 1. The summed E-state index contributed by atoms with van der Waals surface area (Å²) < 4.78 is 45.0. The normalized spacial score (nSPS) is 21.7. The molecular weight excluding hydrogens is 1110 g/mol. The first-order valence-corrected chi connectivity index (χ1v) is 42.4. The van der Waals surface area contributed by atoms with E-state index < -0.39 is 63.4 Å². The summed E-state index contributed by atoms with van der Waals surface area (Å²) in [7, 11) is -8.65. The van der Waals surface area contributed by atoms with E-state index in [-0.39, 0.29) is 50.9 Å². The zero-order valence-corrected chi connectivity index (χ0v) is 59.7. The first-order valence-electron chi connectivity index (χ1n) is 30.8. The molecule has 1 N–H and O–H groups in total. The van der Waals surface area contributed by atoms with Crippen molar-refractivity contribution in [2.75, 3.05) is 6.61 Å². The molecule has 468 valence electrons. The number of ether oxygens (including phenoxy) is 3. The van der Waals surface area contributed by atoms with Crippen LogP contribution in [0.25, 0.3) is 0 Å². The van der Waals surface area contributed by atoms with Crippen molar-refractivity contribution < 1.29 is 56.2 Å². The molecule has 0 saturated carbocycles. The molecule has 12 nitrogen and oxygen atoms in total. The Hall–Kier alpha value is -4.07. The zero-order chi connectivity index (χ0) is 63.2. The molecule has 0 fully saturated rings. The largest absolute Gasteiger partial charge is 0.543 e. The Bertz CT molecular complexity index is 2520. The topological polar surface area (TPSA) is 153 Å². The van der Waals surface area contributed by atoms with Crippen molar-refractivity contribution in [1.82, 2.24) is 0 Å². The van der Waals surface area contributed by atoms with Crippen LogP contribution in [0.15, 0.2) is 73.4 Å². The summed E-state index contributed by atoms with van der Waals surface area (Å²) >= 11 is 0. The lowest BCUT2D eigenvalue weighted by atomic mass is 9.91. The van der Waals surface area contributed by atoms with E-state index >= 15 is 0 Å². The van der Waals surface area contributed by atoms with Crippen LogP contribution < -0.4 is 8.85 Å². The van der Waals surface area contributed by atoms with Crippen LogP contribution >= 0.6 is 0 Å². The molecule has 16 heteroatoms. The highest BCUT2D eigenvalue weighted by molar-refractivity contribution is 6.75. The van der Waals surface area contributed by atoms with E-state index in [1.807, 2.05) is 36.4 Å². The predicted octanol–water partition coefficient (Wildman–Crippen LogP) is 18.2. The van der Waals surface area contributed by atoms with Gasteiger partial charge in [0.25, 0.3) is 16.6 Å². The number of cyclic esters (lactones) is 2. The summed E-state index contributed by atoms with van der Waals surface area (Å²) in [6.07, 6.45) is 15.6. The Labute approximate surface area is 507 Å². The third-order valence-corrected chi connectivity index (χ3v) is 36.3. The highest BCUT2D eigenvalue weighted by Crippen LogP contribution is 2.44. The van der Waals surface area contributed by atoms with Crippen LogP contribution in [0.5, 0.6) is 11.5 Å². The molecule has 2 aliphatic rings. The Balaban J connectivity index is 0.000000436. The zero-order valence-electron chi connectivity index (χ0n) is 55.7. The number of fused-ring (bicyclic) bond motifs is 2. The van der Waals surface area contributed by atoms with E-state index in [1.165, 1.54) is 12.2 Å². The van der Waals surface area contributed by atoms with Gasteiger partial charge in [0.2, 0.25) is 0 Å². The maximum Gasteiger partial charge on any atom is 0.342 e. The standard InChI is InChI=1S/C35H58O6Si2.C32H54O6Si2/c1-13-24-38-31(36)23-17-21-28-25-30(41-43(11,12)35(6,7)8)26(2)18-14-15-19-27-20-16-22-29(32(27)33(37)39-28)40-42(9,10)34(3,4)5;1-23-16-12-13-17-24-18-14-20-26(37-39(8,9)31(2,3)4)29(24)30(35)36-25(19-15-21-28(33)34)22-27(23)38-40(10,11)32(5,6)7/h13,16-17,20,22-23,26,28,30H,1,14-15,18-19,21,24-25H2,2-12H3;14-15,18,20-21,23,25,27H,12-13,16-17,19,22H2,1-11H3,(H,33,34)/b23-17+;21-15+/t26-,28?,30+;23-,25?,27+/m00/s1. The van der Waals surface area contributed by atoms with Gasteiger partial charge in [-0.25, -0.2) is 19.2 Å². The van der Waals surface area contributed by atoms with Crippen LogP contribution in [-0.2, 0) is 45.5 Å². The third-order valence-electron chi connectivity index (χ3n) is 18.7. The molecule has 0 aliphatic carbocycles. The predicted molar refractivity (Wildman–Crippen MR) is 350 cm³/mol. The van der Waals surface area contributed by atoms with Gasteiger partial charge in [-0.05, 0) is 146 Å². The number of benzene rings is 2. The average molecular weight is 1220 g/mol. The number of esters is 3. The maximum atomic E-state index is 14.1. The van der Waals surface area contributed by atoms with Gasteiger partial charge < -0.3 is 37.0 Å². The SMILES string of the molecule is C=CCOC(=O)/C=C/CC1C[C@@H](O[Si](C)(C)C(C)(C)C)[C@@H](C)CCCCc2cccc(O[Si](C)(C)C(C)(C)C)c2C(=O)O1.C[C@H]1CCCCc2cccc(O[Si](C)(C)C(C)(C)C)c2C(=O)OC(C/C=C/C(=O)O)C[C@H]1O[Si](C)(C)C(C)(C)C. The molecule has 2 aromatic carbocycles. The number of aliphatic carboxylic acids is 1. The second kappa shape index (κ2) is 30.5. The van der Waals surface area contributed by atoms with Crippen LogP contribution in [-0.4, -0.2) is 93.3 Å². The van der Waals surface area contributed by atoms with Crippen molar-refractivity contribution in [3.8, 4) is 11.5 Å². The Morgan fingerprint density at radius 3 is 1.28 bits per heavy atom. The first-order chi connectivity index (χ1) is 38.0. The van der Waals surface area contributed by atoms with Gasteiger partial charge >= 0.3 is 23.9 Å². The Kier molecular flexibility index (Phi) is 26.9. The number of hydrogen-bond acceptors (Lipinski definition) is 11. The minimum absolute atomic E-state index is 0.0248. The van der Waals surface area contributed by atoms with Crippen LogP contribution in [0.1, 0.15) is 193 Å². The molecule has 0 saturated heterocycles. The minimum Gasteiger partial charge on any atom is -0.543 e. The average Bonchev–Trinajstić information content (AvgIpc) is 3.24. The molecule has 0 amide bonds. The number of aryl methyl sites for hydroxylation is 2. The second-order valence-electron chi connectivity index (χ2n) is 29.6. The monoisotopic (exact) mass is 1220 g/mol. The highest BCUT2D eigenvalue weighted by atomic mass is 28.4. The summed E-state index contributed by atoms with van der Waals surface area (Å²) in [6, 6.07) is 11.8. The van der Waals surface area contributed by atoms with Gasteiger partial charge in [-0.3, -0.25) is 0 Å². The highest BCUT2D eigenvalue weighted by Gasteiger charge is 2.45. The number of carboxylic acids is 1. The van der Waals surface area contributed by atoms with Gasteiger partial charge in [0, 0.05) is 37.8 Å². The summed E-state index contributed by atoms with van der Waals surface area (Å²) in [5.41, 5.74) is 2.95.